The standard InChI is InChI=1S/C20H25N5O3/c26-19(27)12-25(11-13-1-2-13)17-9-16(10-17)23-20(28)22-15-5-3-14(4-6-15)18-7-8-21-24-18/h3-8,13,16-17H,1-2,9-12H2,(H,21,24)(H,26,27)(H2,22,23,28). The first-order chi connectivity index (χ1) is 13.6. The van der Waals surface area contributed by atoms with E-state index in [1.165, 1.54) is 12.8 Å². The van der Waals surface area contributed by atoms with Gasteiger partial charge in [0.05, 0.1) is 12.2 Å². The number of hydrogen-bond acceptors (Lipinski definition) is 4. The van der Waals surface area contributed by atoms with Crippen LogP contribution in [0.15, 0.2) is 36.5 Å². The number of carboxylic acids is 1. The number of benzene rings is 1. The Morgan fingerprint density at radius 1 is 1.18 bits per heavy atom. The molecular weight excluding hydrogens is 358 g/mol. The molecule has 8 nitrogen and oxygen atoms in total. The van der Waals surface area contributed by atoms with E-state index in [9.17, 15) is 9.59 Å². The Bertz CT molecular complexity index is 811. The van der Waals surface area contributed by atoms with E-state index >= 15 is 0 Å². The van der Waals surface area contributed by atoms with Crippen molar-refractivity contribution in [3.8, 4) is 11.3 Å². The highest BCUT2D eigenvalue weighted by atomic mass is 16.4. The number of urea groups is 1. The normalized spacial score (nSPS) is 21.2. The van der Waals surface area contributed by atoms with E-state index in [1.807, 2.05) is 30.3 Å². The Labute approximate surface area is 163 Å². The van der Waals surface area contributed by atoms with Gasteiger partial charge in [0.2, 0.25) is 0 Å². The molecule has 2 fully saturated rings. The number of aromatic nitrogens is 2. The monoisotopic (exact) mass is 383 g/mol. The van der Waals surface area contributed by atoms with Gasteiger partial charge in [-0.1, -0.05) is 12.1 Å². The molecule has 1 aromatic heterocycles. The fourth-order valence-electron chi connectivity index (χ4n) is 3.65. The summed E-state index contributed by atoms with van der Waals surface area (Å²) in [6, 6.07) is 9.53. The van der Waals surface area contributed by atoms with Crippen molar-refractivity contribution in [3.63, 3.8) is 0 Å². The SMILES string of the molecule is O=C(O)CN(CC1CC1)C1CC(NC(=O)Nc2ccc(-c3ccn[nH]3)cc2)C1. The van der Waals surface area contributed by atoms with E-state index in [0.29, 0.717) is 5.92 Å². The highest BCUT2D eigenvalue weighted by Crippen LogP contribution is 2.33. The maximum absolute atomic E-state index is 12.2. The Kier molecular flexibility index (Phi) is 5.29. The molecule has 1 aromatic carbocycles. The number of carboxylic acid groups (broad SMARTS) is 1. The minimum Gasteiger partial charge on any atom is -0.480 e. The van der Waals surface area contributed by atoms with E-state index in [4.69, 9.17) is 5.11 Å². The van der Waals surface area contributed by atoms with Gasteiger partial charge in [-0.05, 0) is 55.4 Å². The molecule has 2 aliphatic rings. The van der Waals surface area contributed by atoms with E-state index in [1.54, 1.807) is 6.20 Å². The Balaban J connectivity index is 1.23. The Morgan fingerprint density at radius 3 is 2.54 bits per heavy atom. The van der Waals surface area contributed by atoms with Crippen molar-refractivity contribution in [3.05, 3.63) is 36.5 Å². The van der Waals surface area contributed by atoms with Gasteiger partial charge >= 0.3 is 12.0 Å². The van der Waals surface area contributed by atoms with Crippen LogP contribution in [0.5, 0.6) is 0 Å². The summed E-state index contributed by atoms with van der Waals surface area (Å²) in [7, 11) is 0. The first-order valence-corrected chi connectivity index (χ1v) is 9.70. The number of H-pyrrole nitrogens is 1. The molecule has 1 heterocycles. The molecule has 0 saturated heterocycles. The van der Waals surface area contributed by atoms with Crippen LogP contribution in [0, 0.1) is 5.92 Å². The largest absolute Gasteiger partial charge is 0.480 e. The molecule has 4 rings (SSSR count). The van der Waals surface area contributed by atoms with Gasteiger partial charge in [-0.2, -0.15) is 5.10 Å². The summed E-state index contributed by atoms with van der Waals surface area (Å²) in [5.74, 6) is -0.132. The zero-order valence-electron chi connectivity index (χ0n) is 15.6. The van der Waals surface area contributed by atoms with Crippen molar-refractivity contribution >= 4 is 17.7 Å². The van der Waals surface area contributed by atoms with Gasteiger partial charge in [0, 0.05) is 30.5 Å². The number of amides is 2. The number of nitrogens with one attached hydrogen (secondary N) is 3. The average molecular weight is 383 g/mol. The number of rotatable bonds is 8. The van der Waals surface area contributed by atoms with Crippen molar-refractivity contribution in [2.45, 2.75) is 37.8 Å². The molecule has 2 aromatic rings. The third-order valence-electron chi connectivity index (χ3n) is 5.45. The van der Waals surface area contributed by atoms with Crippen molar-refractivity contribution in [1.29, 1.82) is 0 Å². The third-order valence-corrected chi connectivity index (χ3v) is 5.45. The smallest absolute Gasteiger partial charge is 0.319 e. The molecule has 0 radical (unpaired) electrons. The molecule has 0 unspecified atom stereocenters. The second kappa shape index (κ2) is 8.02. The summed E-state index contributed by atoms with van der Waals surface area (Å²) in [6.07, 6.45) is 5.69. The molecule has 148 valence electrons. The van der Waals surface area contributed by atoms with Crippen LogP contribution in [0.2, 0.25) is 0 Å². The van der Waals surface area contributed by atoms with E-state index < -0.39 is 5.97 Å². The highest BCUT2D eigenvalue weighted by molar-refractivity contribution is 5.89. The van der Waals surface area contributed by atoms with Crippen LogP contribution in [0.1, 0.15) is 25.7 Å². The molecule has 0 bridgehead atoms. The molecule has 0 spiro atoms. The number of anilines is 1. The summed E-state index contributed by atoms with van der Waals surface area (Å²) in [5, 5.41) is 21.8. The number of carbonyl (C=O) groups excluding carboxylic acids is 1. The van der Waals surface area contributed by atoms with Gasteiger partial charge in [-0.15, -0.1) is 0 Å². The maximum atomic E-state index is 12.2. The number of hydrogen-bond donors (Lipinski definition) is 4. The van der Waals surface area contributed by atoms with Crippen LogP contribution < -0.4 is 10.6 Å². The molecule has 2 aliphatic carbocycles. The first-order valence-electron chi connectivity index (χ1n) is 9.70. The van der Waals surface area contributed by atoms with Gasteiger partial charge in [-0.3, -0.25) is 14.8 Å². The topological polar surface area (TPSA) is 110 Å². The van der Waals surface area contributed by atoms with Crippen LogP contribution in [0.4, 0.5) is 10.5 Å². The van der Waals surface area contributed by atoms with Gasteiger partial charge < -0.3 is 15.7 Å². The predicted molar refractivity (Wildman–Crippen MR) is 105 cm³/mol. The van der Waals surface area contributed by atoms with Crippen molar-refractivity contribution < 1.29 is 14.7 Å². The van der Waals surface area contributed by atoms with Crippen molar-refractivity contribution in [1.82, 2.24) is 20.4 Å². The summed E-state index contributed by atoms with van der Waals surface area (Å²) >= 11 is 0. The number of aliphatic carboxylic acids is 1. The number of aromatic amines is 1. The molecule has 2 amide bonds. The zero-order valence-corrected chi connectivity index (χ0v) is 15.6. The van der Waals surface area contributed by atoms with Gasteiger partial charge in [-0.25, -0.2) is 4.79 Å². The molecular formula is C20H25N5O3. The minimum absolute atomic E-state index is 0.0861. The van der Waals surface area contributed by atoms with E-state index in [2.05, 4.69) is 25.7 Å². The van der Waals surface area contributed by atoms with Gasteiger partial charge in [0.15, 0.2) is 0 Å². The Morgan fingerprint density at radius 2 is 1.93 bits per heavy atom. The first kappa shape index (κ1) is 18.5. The second-order valence-electron chi connectivity index (χ2n) is 7.73. The molecule has 0 atom stereocenters. The van der Waals surface area contributed by atoms with E-state index in [-0.39, 0.29) is 24.7 Å². The molecule has 2 saturated carbocycles. The molecule has 8 heteroatoms. The summed E-state index contributed by atoms with van der Waals surface area (Å²) < 4.78 is 0. The highest BCUT2D eigenvalue weighted by Gasteiger charge is 2.37. The maximum Gasteiger partial charge on any atom is 0.319 e. The average Bonchev–Trinajstić information content (AvgIpc) is 3.27. The lowest BCUT2D eigenvalue weighted by atomic mass is 9.85. The summed E-state index contributed by atoms with van der Waals surface area (Å²) in [5.41, 5.74) is 2.64. The van der Waals surface area contributed by atoms with E-state index in [0.717, 1.165) is 36.3 Å². The zero-order chi connectivity index (χ0) is 19.5. The lowest BCUT2D eigenvalue weighted by Gasteiger charge is -2.42. The summed E-state index contributed by atoms with van der Waals surface area (Å²) in [6.45, 7) is 0.946. The molecule has 4 N–H and O–H groups in total. The fraction of sp³-hybridized carbons (Fsp3) is 0.450. The van der Waals surface area contributed by atoms with Crippen molar-refractivity contribution in [2.75, 3.05) is 18.4 Å². The Hall–Kier alpha value is -2.87. The number of carbonyl (C=O) groups is 2. The van der Waals surface area contributed by atoms with Crippen molar-refractivity contribution in [2.24, 2.45) is 5.92 Å². The van der Waals surface area contributed by atoms with Gasteiger partial charge in [0.25, 0.3) is 0 Å². The van der Waals surface area contributed by atoms with Crippen LogP contribution in [-0.4, -0.2) is 57.4 Å². The van der Waals surface area contributed by atoms with Gasteiger partial charge in [0.1, 0.15) is 0 Å². The predicted octanol–water partition coefficient (Wildman–Crippen LogP) is 2.53. The van der Waals surface area contributed by atoms with Crippen LogP contribution in [-0.2, 0) is 4.79 Å². The minimum atomic E-state index is -0.784. The number of nitrogens with zero attached hydrogens (tertiary/aromatic N) is 2. The quantitative estimate of drug-likeness (QED) is 0.560. The lowest BCUT2D eigenvalue weighted by molar-refractivity contribution is -0.139. The molecule has 28 heavy (non-hydrogen) atoms. The van der Waals surface area contributed by atoms with Crippen LogP contribution in [0.25, 0.3) is 11.3 Å². The lowest BCUT2D eigenvalue weighted by Crippen LogP contribution is -2.55. The summed E-state index contributed by atoms with van der Waals surface area (Å²) in [4.78, 5) is 25.4. The molecule has 0 aliphatic heterocycles. The second-order valence-corrected chi connectivity index (χ2v) is 7.73. The fourth-order valence-corrected chi connectivity index (χ4v) is 3.65. The van der Waals surface area contributed by atoms with Crippen LogP contribution in [0.3, 0.4) is 0 Å². The van der Waals surface area contributed by atoms with Crippen LogP contribution >= 0.6 is 0 Å². The third kappa shape index (κ3) is 4.69.